The van der Waals surface area contributed by atoms with Gasteiger partial charge in [0.15, 0.2) is 5.82 Å². The van der Waals surface area contributed by atoms with E-state index in [4.69, 9.17) is 0 Å². The maximum atomic E-state index is 12.7. The average molecular weight is 269 g/mol. The van der Waals surface area contributed by atoms with E-state index in [0.717, 1.165) is 12.1 Å². The van der Waals surface area contributed by atoms with E-state index >= 15 is 0 Å². The monoisotopic (exact) mass is 269 g/mol. The number of ether oxygens (including phenoxy) is 1. The number of rotatable bonds is 2. The summed E-state index contributed by atoms with van der Waals surface area (Å²) < 4.78 is 40.9. The van der Waals surface area contributed by atoms with E-state index in [1.54, 1.807) is 0 Å². The van der Waals surface area contributed by atoms with Crippen molar-refractivity contribution in [2.24, 2.45) is 0 Å². The highest BCUT2D eigenvalue weighted by atomic mass is 19.4. The van der Waals surface area contributed by atoms with E-state index < -0.39 is 16.8 Å². The van der Waals surface area contributed by atoms with Gasteiger partial charge in [0.2, 0.25) is 0 Å². The normalized spacial score (nSPS) is 9.32. The Bertz CT molecular complexity index is 503. The Morgan fingerprint density at radius 1 is 1.00 bits per heavy atom. The first kappa shape index (κ1) is 14.9. The van der Waals surface area contributed by atoms with Crippen LogP contribution in [0.4, 0.5) is 19.0 Å². The third-order valence-corrected chi connectivity index (χ3v) is 2.28. The number of methoxy groups -OCH3 is 1. The van der Waals surface area contributed by atoms with Crippen LogP contribution in [0.5, 0.6) is 5.75 Å². The second-order valence-electron chi connectivity index (χ2n) is 3.70. The Labute approximate surface area is 109 Å². The third kappa shape index (κ3) is 4.91. The molecule has 0 N–H and O–H groups in total. The number of nitrogens with zero attached hydrogens (tertiary/aromatic N) is 1. The molecule has 0 heterocycles. The first-order valence-corrected chi connectivity index (χ1v) is 5.51. The summed E-state index contributed by atoms with van der Waals surface area (Å²) in [6.07, 6.45) is 0. The van der Waals surface area contributed by atoms with Crippen molar-refractivity contribution in [2.75, 3.05) is 12.5 Å². The third-order valence-electron chi connectivity index (χ3n) is 2.28. The van der Waals surface area contributed by atoms with Crippen molar-refractivity contribution in [3.05, 3.63) is 59.9 Å². The van der Waals surface area contributed by atoms with Gasteiger partial charge in [0.05, 0.1) is 7.11 Å². The summed E-state index contributed by atoms with van der Waals surface area (Å²) in [4.78, 5) is 0. The molecule has 5 heteroatoms. The lowest BCUT2D eigenvalue weighted by Crippen LogP contribution is -1.99. The topological polar surface area (TPSA) is 12.5 Å². The molecule has 2 aromatic carbocycles. The minimum absolute atomic E-state index is 0.207. The maximum absolute atomic E-state index is 12.7. The minimum atomic E-state index is -1.28. The SMILES string of the molecule is COc1ccc(N(F)F)c(F)c1.Cc1ccccc1. The summed E-state index contributed by atoms with van der Waals surface area (Å²) in [6.45, 7) is 2.08. The van der Waals surface area contributed by atoms with Crippen LogP contribution in [0.25, 0.3) is 0 Å². The molecule has 0 aliphatic carbocycles. The highest BCUT2D eigenvalue weighted by Gasteiger charge is 2.10. The fourth-order valence-corrected chi connectivity index (χ4v) is 1.29. The van der Waals surface area contributed by atoms with Crippen LogP contribution in [-0.4, -0.2) is 7.11 Å². The summed E-state index contributed by atoms with van der Waals surface area (Å²) in [5.74, 6) is -0.808. The van der Waals surface area contributed by atoms with E-state index in [1.165, 1.54) is 18.7 Å². The predicted octanol–water partition coefficient (Wildman–Crippen LogP) is 4.40. The van der Waals surface area contributed by atoms with E-state index in [-0.39, 0.29) is 5.75 Å². The van der Waals surface area contributed by atoms with Crippen LogP contribution >= 0.6 is 0 Å². The molecule has 0 saturated carbocycles. The smallest absolute Gasteiger partial charge is 0.155 e. The van der Waals surface area contributed by atoms with Gasteiger partial charge >= 0.3 is 0 Å². The maximum Gasteiger partial charge on any atom is 0.155 e. The zero-order valence-electron chi connectivity index (χ0n) is 10.6. The van der Waals surface area contributed by atoms with Gasteiger partial charge in [0.25, 0.3) is 0 Å². The van der Waals surface area contributed by atoms with Gasteiger partial charge in [-0.3, -0.25) is 0 Å². The van der Waals surface area contributed by atoms with Crippen LogP contribution in [0.1, 0.15) is 5.56 Å². The highest BCUT2D eigenvalue weighted by molar-refractivity contribution is 5.46. The average Bonchev–Trinajstić information content (AvgIpc) is 2.39. The quantitative estimate of drug-likeness (QED) is 0.749. The van der Waals surface area contributed by atoms with Gasteiger partial charge in [-0.25, -0.2) is 4.39 Å². The van der Waals surface area contributed by atoms with Gasteiger partial charge in [0.1, 0.15) is 11.4 Å². The molecular formula is C14H14F3NO. The molecule has 0 radical (unpaired) electrons. The van der Waals surface area contributed by atoms with Crippen molar-refractivity contribution in [2.45, 2.75) is 6.92 Å². The van der Waals surface area contributed by atoms with E-state index in [2.05, 4.69) is 23.8 Å². The molecule has 19 heavy (non-hydrogen) atoms. The Hall–Kier alpha value is -2.17. The molecule has 0 aromatic heterocycles. The van der Waals surface area contributed by atoms with E-state index in [9.17, 15) is 13.4 Å². The van der Waals surface area contributed by atoms with Crippen molar-refractivity contribution in [1.82, 2.24) is 0 Å². The van der Waals surface area contributed by atoms with Gasteiger partial charge in [-0.2, -0.15) is 0 Å². The Morgan fingerprint density at radius 2 is 1.63 bits per heavy atom. The van der Waals surface area contributed by atoms with Crippen LogP contribution in [0, 0.1) is 12.7 Å². The van der Waals surface area contributed by atoms with Crippen molar-refractivity contribution in [1.29, 1.82) is 0 Å². The fraction of sp³-hybridized carbons (Fsp3) is 0.143. The summed E-state index contributed by atoms with van der Waals surface area (Å²) in [7, 11) is 1.33. The Morgan fingerprint density at radius 3 is 2.00 bits per heavy atom. The molecule has 0 atom stereocenters. The van der Waals surface area contributed by atoms with Gasteiger partial charge in [-0.1, -0.05) is 44.9 Å². The van der Waals surface area contributed by atoms with Crippen LogP contribution in [0.15, 0.2) is 48.5 Å². The molecule has 0 saturated heterocycles. The molecule has 0 aliphatic heterocycles. The second-order valence-corrected chi connectivity index (χ2v) is 3.70. The number of hydrogen-bond donors (Lipinski definition) is 0. The summed E-state index contributed by atoms with van der Waals surface area (Å²) in [5.41, 5.74) is 0.554. The first-order valence-electron chi connectivity index (χ1n) is 5.51. The number of anilines is 1. The summed E-state index contributed by atoms with van der Waals surface area (Å²) >= 11 is 0. The molecule has 0 fully saturated rings. The lowest BCUT2D eigenvalue weighted by Gasteiger charge is -2.04. The molecule has 2 nitrogen and oxygen atoms in total. The molecule has 0 aliphatic rings. The molecular weight excluding hydrogens is 255 g/mol. The predicted molar refractivity (Wildman–Crippen MR) is 68.8 cm³/mol. The molecule has 0 unspecified atom stereocenters. The summed E-state index contributed by atoms with van der Waals surface area (Å²) in [6, 6.07) is 13.3. The number of benzene rings is 2. The molecule has 2 rings (SSSR count). The highest BCUT2D eigenvalue weighted by Crippen LogP contribution is 2.24. The lowest BCUT2D eigenvalue weighted by atomic mass is 10.2. The zero-order chi connectivity index (χ0) is 14.3. The largest absolute Gasteiger partial charge is 0.497 e. The van der Waals surface area contributed by atoms with E-state index in [1.807, 2.05) is 18.2 Å². The van der Waals surface area contributed by atoms with Crippen LogP contribution in [0.2, 0.25) is 0 Å². The van der Waals surface area contributed by atoms with Gasteiger partial charge < -0.3 is 4.74 Å². The van der Waals surface area contributed by atoms with Crippen molar-refractivity contribution < 1.29 is 18.1 Å². The molecule has 102 valence electrons. The standard InChI is InChI=1S/C7H6F3NO.C7H8/c1-12-5-2-3-7(11(9)10)6(8)4-5;1-7-5-3-2-4-6-7/h2-4H,1H3;2-6H,1H3. The number of halogens is 3. The molecule has 0 bridgehead atoms. The van der Waals surface area contributed by atoms with Gasteiger partial charge in [0, 0.05) is 6.07 Å². The van der Waals surface area contributed by atoms with Crippen LogP contribution in [0.3, 0.4) is 0 Å². The van der Waals surface area contributed by atoms with Crippen molar-refractivity contribution >= 4 is 5.69 Å². The second kappa shape index (κ2) is 7.31. The first-order chi connectivity index (χ1) is 9.04. The lowest BCUT2D eigenvalue weighted by molar-refractivity contribution is 0.230. The van der Waals surface area contributed by atoms with Gasteiger partial charge in [-0.15, -0.1) is 0 Å². The molecule has 0 amide bonds. The van der Waals surface area contributed by atoms with Gasteiger partial charge in [-0.05, 0) is 24.4 Å². The zero-order valence-corrected chi connectivity index (χ0v) is 10.6. The molecule has 2 aromatic rings. The van der Waals surface area contributed by atoms with Crippen molar-refractivity contribution in [3.63, 3.8) is 0 Å². The van der Waals surface area contributed by atoms with E-state index in [0.29, 0.717) is 0 Å². The fourth-order valence-electron chi connectivity index (χ4n) is 1.29. The summed E-state index contributed by atoms with van der Waals surface area (Å²) in [5, 5.41) is -1.28. The Kier molecular flexibility index (Phi) is 5.73. The number of hydrogen-bond acceptors (Lipinski definition) is 2. The van der Waals surface area contributed by atoms with Crippen LogP contribution < -0.4 is 10.1 Å². The van der Waals surface area contributed by atoms with Crippen molar-refractivity contribution in [3.8, 4) is 5.75 Å². The molecule has 0 spiro atoms. The van der Waals surface area contributed by atoms with Crippen LogP contribution in [-0.2, 0) is 0 Å². The number of aryl methyl sites for hydroxylation is 1. The minimum Gasteiger partial charge on any atom is -0.497 e. The Balaban J connectivity index is 0.000000218.